The minimum absolute atomic E-state index is 0.265. The first-order chi connectivity index (χ1) is 10.1. The van der Waals surface area contributed by atoms with Crippen LogP contribution in [0.2, 0.25) is 0 Å². The van der Waals surface area contributed by atoms with E-state index in [2.05, 4.69) is 41.8 Å². The Morgan fingerprint density at radius 1 is 1.14 bits per heavy atom. The molecule has 2 fully saturated rings. The SMILES string of the molecule is CCC1CCC(C#N)C(N2CCN(CCN(C)C)CC2)C1. The molecule has 0 bridgehead atoms. The second-order valence-electron chi connectivity index (χ2n) is 7.07. The average molecular weight is 292 g/mol. The number of piperazine rings is 1. The number of likely N-dealkylation sites (N-methyl/N-ethyl adjacent to an activating group) is 1. The van der Waals surface area contributed by atoms with E-state index in [0.717, 1.165) is 32.0 Å². The fourth-order valence-corrected chi connectivity index (χ4v) is 3.82. The van der Waals surface area contributed by atoms with Crippen LogP contribution in [0.3, 0.4) is 0 Å². The minimum atomic E-state index is 0.265. The van der Waals surface area contributed by atoms with Crippen LogP contribution in [-0.4, -0.2) is 74.1 Å². The molecule has 0 N–H and O–H groups in total. The van der Waals surface area contributed by atoms with Gasteiger partial charge in [-0.15, -0.1) is 0 Å². The highest BCUT2D eigenvalue weighted by Gasteiger charge is 2.35. The minimum Gasteiger partial charge on any atom is -0.308 e. The highest BCUT2D eigenvalue weighted by atomic mass is 15.3. The van der Waals surface area contributed by atoms with Crippen molar-refractivity contribution in [2.24, 2.45) is 11.8 Å². The van der Waals surface area contributed by atoms with Crippen molar-refractivity contribution in [2.45, 2.75) is 38.6 Å². The first-order valence-corrected chi connectivity index (χ1v) is 8.64. The van der Waals surface area contributed by atoms with Crippen molar-refractivity contribution in [3.8, 4) is 6.07 Å². The third kappa shape index (κ3) is 4.67. The molecule has 0 aromatic carbocycles. The van der Waals surface area contributed by atoms with Crippen LogP contribution in [0.1, 0.15) is 32.6 Å². The molecule has 0 amide bonds. The Balaban J connectivity index is 1.83. The third-order valence-corrected chi connectivity index (χ3v) is 5.41. The van der Waals surface area contributed by atoms with Crippen molar-refractivity contribution in [1.82, 2.24) is 14.7 Å². The van der Waals surface area contributed by atoms with Crippen molar-refractivity contribution in [1.29, 1.82) is 5.26 Å². The summed E-state index contributed by atoms with van der Waals surface area (Å²) in [5.41, 5.74) is 0. The fraction of sp³-hybridized carbons (Fsp3) is 0.941. The lowest BCUT2D eigenvalue weighted by molar-refractivity contribution is 0.0469. The Bertz CT molecular complexity index is 341. The Morgan fingerprint density at radius 3 is 2.43 bits per heavy atom. The molecular weight excluding hydrogens is 260 g/mol. The van der Waals surface area contributed by atoms with Gasteiger partial charge in [-0.25, -0.2) is 0 Å². The number of hydrogen-bond acceptors (Lipinski definition) is 4. The van der Waals surface area contributed by atoms with E-state index < -0.39 is 0 Å². The molecule has 1 saturated carbocycles. The molecule has 3 unspecified atom stereocenters. The molecule has 0 aromatic heterocycles. The van der Waals surface area contributed by atoms with Crippen molar-refractivity contribution in [3.63, 3.8) is 0 Å². The smallest absolute Gasteiger partial charge is 0.0672 e. The molecule has 1 saturated heterocycles. The zero-order valence-electron chi connectivity index (χ0n) is 14.1. The Morgan fingerprint density at radius 2 is 1.86 bits per heavy atom. The number of nitrogens with zero attached hydrogens (tertiary/aromatic N) is 4. The molecule has 3 atom stereocenters. The van der Waals surface area contributed by atoms with Crippen molar-refractivity contribution < 1.29 is 0 Å². The first kappa shape index (κ1) is 16.7. The third-order valence-electron chi connectivity index (χ3n) is 5.41. The fourth-order valence-electron chi connectivity index (χ4n) is 3.82. The molecule has 0 aromatic rings. The molecule has 0 spiro atoms. The Labute approximate surface area is 130 Å². The average Bonchev–Trinajstić information content (AvgIpc) is 2.52. The van der Waals surface area contributed by atoms with Crippen LogP contribution in [0, 0.1) is 23.2 Å². The van der Waals surface area contributed by atoms with E-state index in [1.165, 1.54) is 38.9 Å². The molecule has 1 aliphatic heterocycles. The zero-order valence-corrected chi connectivity index (χ0v) is 14.1. The maximum Gasteiger partial charge on any atom is 0.0672 e. The second kappa shape index (κ2) is 8.12. The first-order valence-electron chi connectivity index (χ1n) is 8.64. The Hall–Kier alpha value is -0.630. The van der Waals surface area contributed by atoms with Gasteiger partial charge in [-0.3, -0.25) is 9.80 Å². The summed E-state index contributed by atoms with van der Waals surface area (Å²) < 4.78 is 0. The van der Waals surface area contributed by atoms with Gasteiger partial charge >= 0.3 is 0 Å². The molecule has 4 nitrogen and oxygen atoms in total. The summed E-state index contributed by atoms with van der Waals surface area (Å²) in [5, 5.41) is 9.46. The molecule has 4 heteroatoms. The number of rotatable bonds is 5. The zero-order chi connectivity index (χ0) is 15.2. The molecule has 1 heterocycles. The predicted octanol–water partition coefficient (Wildman–Crippen LogP) is 1.88. The molecule has 2 rings (SSSR count). The van der Waals surface area contributed by atoms with Crippen molar-refractivity contribution in [2.75, 3.05) is 53.4 Å². The largest absolute Gasteiger partial charge is 0.308 e. The summed E-state index contributed by atoms with van der Waals surface area (Å²) in [4.78, 5) is 7.44. The van der Waals surface area contributed by atoms with Gasteiger partial charge in [-0.2, -0.15) is 5.26 Å². The predicted molar refractivity (Wildman–Crippen MR) is 87.1 cm³/mol. The summed E-state index contributed by atoms with van der Waals surface area (Å²) in [6.07, 6.45) is 4.89. The quantitative estimate of drug-likeness (QED) is 0.775. The van der Waals surface area contributed by atoms with Gasteiger partial charge in [0.05, 0.1) is 12.0 Å². The van der Waals surface area contributed by atoms with Gasteiger partial charge in [-0.05, 0) is 39.3 Å². The summed E-state index contributed by atoms with van der Waals surface area (Å²) in [6, 6.07) is 3.10. The maximum absolute atomic E-state index is 9.46. The molecule has 21 heavy (non-hydrogen) atoms. The molecule has 0 radical (unpaired) electrons. The van der Waals surface area contributed by atoms with Crippen molar-refractivity contribution >= 4 is 0 Å². The van der Waals surface area contributed by atoms with Crippen LogP contribution >= 0.6 is 0 Å². The van der Waals surface area contributed by atoms with E-state index in [1.807, 2.05) is 0 Å². The Kier molecular flexibility index (Phi) is 6.47. The maximum atomic E-state index is 9.46. The van der Waals surface area contributed by atoms with Crippen LogP contribution in [-0.2, 0) is 0 Å². The van der Waals surface area contributed by atoms with Gasteiger partial charge < -0.3 is 4.90 Å². The lowest BCUT2D eigenvalue weighted by atomic mass is 9.77. The molecule has 2 aliphatic rings. The van der Waals surface area contributed by atoms with E-state index in [1.54, 1.807) is 0 Å². The highest BCUT2D eigenvalue weighted by Crippen LogP contribution is 2.34. The standard InChI is InChI=1S/C17H32N4/c1-4-15-5-6-16(14-18)17(13-15)21-11-9-20(10-12-21)8-7-19(2)3/h15-17H,4-13H2,1-3H3. The van der Waals surface area contributed by atoms with Crippen LogP contribution in [0.25, 0.3) is 0 Å². The molecule has 1 aliphatic carbocycles. The second-order valence-corrected chi connectivity index (χ2v) is 7.07. The molecule has 120 valence electrons. The van der Waals surface area contributed by atoms with Crippen LogP contribution in [0.5, 0.6) is 0 Å². The van der Waals surface area contributed by atoms with Crippen LogP contribution < -0.4 is 0 Å². The summed E-state index contributed by atoms with van der Waals surface area (Å²) >= 11 is 0. The molecular formula is C17H32N4. The van der Waals surface area contributed by atoms with E-state index in [-0.39, 0.29) is 5.92 Å². The number of nitriles is 1. The van der Waals surface area contributed by atoms with E-state index in [9.17, 15) is 5.26 Å². The monoisotopic (exact) mass is 292 g/mol. The topological polar surface area (TPSA) is 33.5 Å². The van der Waals surface area contributed by atoms with Crippen LogP contribution in [0.4, 0.5) is 0 Å². The van der Waals surface area contributed by atoms with Gasteiger partial charge in [-0.1, -0.05) is 13.3 Å². The van der Waals surface area contributed by atoms with Crippen molar-refractivity contribution in [3.05, 3.63) is 0 Å². The summed E-state index contributed by atoms with van der Waals surface area (Å²) in [6.45, 7) is 9.23. The summed E-state index contributed by atoms with van der Waals surface area (Å²) in [7, 11) is 4.28. The normalized spacial score (nSPS) is 32.2. The lowest BCUT2D eigenvalue weighted by Gasteiger charge is -2.44. The van der Waals surface area contributed by atoms with Gasteiger partial charge in [0.25, 0.3) is 0 Å². The van der Waals surface area contributed by atoms with Gasteiger partial charge in [0, 0.05) is 45.3 Å². The lowest BCUT2D eigenvalue weighted by Crippen LogP contribution is -2.54. The van der Waals surface area contributed by atoms with Crippen LogP contribution in [0.15, 0.2) is 0 Å². The van der Waals surface area contributed by atoms with Gasteiger partial charge in [0.1, 0.15) is 0 Å². The van der Waals surface area contributed by atoms with Gasteiger partial charge in [0.15, 0.2) is 0 Å². The number of hydrogen-bond donors (Lipinski definition) is 0. The van der Waals surface area contributed by atoms with Gasteiger partial charge in [0.2, 0.25) is 0 Å². The summed E-state index contributed by atoms with van der Waals surface area (Å²) in [5.74, 6) is 1.10. The highest BCUT2D eigenvalue weighted by molar-refractivity contribution is 4.98. The van der Waals surface area contributed by atoms with E-state index >= 15 is 0 Å². The van der Waals surface area contributed by atoms with E-state index in [4.69, 9.17) is 0 Å². The van der Waals surface area contributed by atoms with E-state index in [0.29, 0.717) is 6.04 Å².